The highest BCUT2D eigenvalue weighted by atomic mass is 35.5. The molecular weight excluding hydrogens is 387 g/mol. The van der Waals surface area contributed by atoms with Crippen LogP contribution in [-0.4, -0.2) is 38.1 Å². The van der Waals surface area contributed by atoms with Crippen LogP contribution in [0.25, 0.3) is 0 Å². The van der Waals surface area contributed by atoms with Crippen molar-refractivity contribution in [3.8, 4) is 11.5 Å². The minimum atomic E-state index is -0.126. The minimum absolute atomic E-state index is 0.117. The Balaban J connectivity index is 1.73. The van der Waals surface area contributed by atoms with Crippen molar-refractivity contribution in [3.05, 3.63) is 52.0 Å². The molecule has 1 N–H and O–H groups in total. The molecule has 2 aromatic rings. The fourth-order valence-electron chi connectivity index (χ4n) is 3.44. The number of carbonyl (C=O) groups is 1. The zero-order valence-electron chi connectivity index (χ0n) is 15.3. The first kappa shape index (κ1) is 19.8. The van der Waals surface area contributed by atoms with E-state index in [9.17, 15) is 4.79 Å². The van der Waals surface area contributed by atoms with Crippen molar-refractivity contribution in [2.24, 2.45) is 0 Å². The molecule has 0 radical (unpaired) electrons. The Bertz CT molecular complexity index is 829. The lowest BCUT2D eigenvalue weighted by molar-refractivity contribution is -0.117. The fourth-order valence-corrected chi connectivity index (χ4v) is 3.78. The Morgan fingerprint density at radius 1 is 1.22 bits per heavy atom. The molecule has 1 amide bonds. The van der Waals surface area contributed by atoms with Crippen molar-refractivity contribution in [1.29, 1.82) is 0 Å². The van der Waals surface area contributed by atoms with Gasteiger partial charge in [0.1, 0.15) is 11.5 Å². The Hall–Kier alpha value is -1.95. The van der Waals surface area contributed by atoms with Crippen LogP contribution in [0.3, 0.4) is 0 Å². The third-order valence-corrected chi connectivity index (χ3v) is 5.55. The lowest BCUT2D eigenvalue weighted by Crippen LogP contribution is -2.33. The lowest BCUT2D eigenvalue weighted by Gasteiger charge is -2.26. The quantitative estimate of drug-likeness (QED) is 0.746. The molecular formula is C20H22Cl2N2O3. The number of hydrogen-bond donors (Lipinski definition) is 1. The summed E-state index contributed by atoms with van der Waals surface area (Å²) in [6, 6.07) is 11.1. The molecule has 5 nitrogen and oxygen atoms in total. The van der Waals surface area contributed by atoms with Crippen molar-refractivity contribution in [2.45, 2.75) is 18.9 Å². The van der Waals surface area contributed by atoms with E-state index < -0.39 is 0 Å². The molecule has 1 aliphatic heterocycles. The zero-order valence-corrected chi connectivity index (χ0v) is 16.8. The van der Waals surface area contributed by atoms with Crippen LogP contribution in [0.4, 0.5) is 5.69 Å². The first-order chi connectivity index (χ1) is 13.0. The highest BCUT2D eigenvalue weighted by Gasteiger charge is 2.30. The normalized spacial score (nSPS) is 17.0. The second-order valence-corrected chi connectivity index (χ2v) is 7.17. The van der Waals surface area contributed by atoms with E-state index in [-0.39, 0.29) is 18.5 Å². The van der Waals surface area contributed by atoms with Crippen LogP contribution in [0.5, 0.6) is 11.5 Å². The van der Waals surface area contributed by atoms with Gasteiger partial charge in [-0.05, 0) is 37.6 Å². The van der Waals surface area contributed by atoms with Crippen molar-refractivity contribution < 1.29 is 14.3 Å². The maximum absolute atomic E-state index is 12.6. The van der Waals surface area contributed by atoms with Crippen molar-refractivity contribution in [3.63, 3.8) is 0 Å². The number of likely N-dealkylation sites (tertiary alicyclic amines) is 1. The smallest absolute Gasteiger partial charge is 0.238 e. The van der Waals surface area contributed by atoms with E-state index in [4.69, 9.17) is 32.7 Å². The van der Waals surface area contributed by atoms with Crippen molar-refractivity contribution >= 4 is 34.8 Å². The van der Waals surface area contributed by atoms with Gasteiger partial charge in [-0.25, -0.2) is 0 Å². The number of nitrogens with one attached hydrogen (secondary N) is 1. The van der Waals surface area contributed by atoms with Gasteiger partial charge < -0.3 is 14.8 Å². The summed E-state index contributed by atoms with van der Waals surface area (Å²) < 4.78 is 10.8. The van der Waals surface area contributed by atoms with E-state index in [1.54, 1.807) is 32.4 Å². The molecule has 0 saturated carbocycles. The monoisotopic (exact) mass is 408 g/mol. The van der Waals surface area contributed by atoms with Gasteiger partial charge >= 0.3 is 0 Å². The van der Waals surface area contributed by atoms with Gasteiger partial charge in [0.15, 0.2) is 0 Å². The molecule has 1 heterocycles. The number of halogens is 2. The van der Waals surface area contributed by atoms with Crippen molar-refractivity contribution in [1.82, 2.24) is 4.90 Å². The number of amides is 1. The fraction of sp³-hybridized carbons (Fsp3) is 0.350. The van der Waals surface area contributed by atoms with E-state index in [1.165, 1.54) is 0 Å². The predicted octanol–water partition coefficient (Wildman–Crippen LogP) is 4.79. The Morgan fingerprint density at radius 3 is 2.78 bits per heavy atom. The molecule has 7 heteroatoms. The second kappa shape index (κ2) is 8.83. The van der Waals surface area contributed by atoms with Gasteiger partial charge in [-0.15, -0.1) is 0 Å². The van der Waals surface area contributed by atoms with Gasteiger partial charge in [-0.2, -0.15) is 0 Å². The van der Waals surface area contributed by atoms with Gasteiger partial charge in [0, 0.05) is 17.7 Å². The molecule has 3 rings (SSSR count). The Kier molecular flexibility index (Phi) is 6.47. The van der Waals surface area contributed by atoms with Crippen LogP contribution in [0.15, 0.2) is 36.4 Å². The third kappa shape index (κ3) is 4.49. The number of methoxy groups -OCH3 is 2. The van der Waals surface area contributed by atoms with E-state index in [1.807, 2.05) is 18.2 Å². The lowest BCUT2D eigenvalue weighted by atomic mass is 10.0. The number of benzene rings is 2. The van der Waals surface area contributed by atoms with Crippen molar-refractivity contribution in [2.75, 3.05) is 32.6 Å². The van der Waals surface area contributed by atoms with E-state index >= 15 is 0 Å². The number of anilines is 1. The van der Waals surface area contributed by atoms with Crippen LogP contribution < -0.4 is 14.8 Å². The summed E-state index contributed by atoms with van der Waals surface area (Å²) in [6.07, 6.45) is 1.99. The largest absolute Gasteiger partial charge is 0.497 e. The SMILES string of the molecule is COc1ccc(C2CCCN2CC(=O)Nc2cccc(Cl)c2Cl)c(OC)c1. The summed E-state index contributed by atoms with van der Waals surface area (Å²) >= 11 is 12.2. The molecule has 0 spiro atoms. The summed E-state index contributed by atoms with van der Waals surface area (Å²) in [5.74, 6) is 1.39. The van der Waals surface area contributed by atoms with Crippen LogP contribution in [-0.2, 0) is 4.79 Å². The molecule has 1 saturated heterocycles. The molecule has 1 unspecified atom stereocenters. The van der Waals surface area contributed by atoms with E-state index in [2.05, 4.69) is 10.2 Å². The zero-order chi connectivity index (χ0) is 19.4. The van der Waals surface area contributed by atoms with Gasteiger partial charge in [-0.3, -0.25) is 9.69 Å². The number of hydrogen-bond acceptors (Lipinski definition) is 4. The molecule has 0 bridgehead atoms. The summed E-state index contributed by atoms with van der Waals surface area (Å²) in [5.41, 5.74) is 1.58. The number of carbonyl (C=O) groups excluding carboxylic acids is 1. The van der Waals surface area contributed by atoms with Crippen LogP contribution >= 0.6 is 23.2 Å². The molecule has 2 aromatic carbocycles. The molecule has 0 aliphatic carbocycles. The highest BCUT2D eigenvalue weighted by molar-refractivity contribution is 6.44. The number of rotatable bonds is 6. The maximum atomic E-state index is 12.6. The van der Waals surface area contributed by atoms with Gasteiger partial charge in [0.2, 0.25) is 5.91 Å². The van der Waals surface area contributed by atoms with Gasteiger partial charge in [-0.1, -0.05) is 35.3 Å². The average molecular weight is 409 g/mol. The molecule has 1 fully saturated rings. The first-order valence-electron chi connectivity index (χ1n) is 8.73. The van der Waals surface area contributed by atoms with Crippen LogP contribution in [0, 0.1) is 0 Å². The molecule has 1 atom stereocenters. The van der Waals surface area contributed by atoms with E-state index in [0.717, 1.165) is 36.4 Å². The molecule has 27 heavy (non-hydrogen) atoms. The van der Waals surface area contributed by atoms with E-state index in [0.29, 0.717) is 15.7 Å². The maximum Gasteiger partial charge on any atom is 0.238 e. The van der Waals surface area contributed by atoms with Crippen LogP contribution in [0.1, 0.15) is 24.4 Å². The second-order valence-electron chi connectivity index (χ2n) is 6.39. The average Bonchev–Trinajstić information content (AvgIpc) is 3.12. The predicted molar refractivity (Wildman–Crippen MR) is 108 cm³/mol. The highest BCUT2D eigenvalue weighted by Crippen LogP contribution is 2.38. The summed E-state index contributed by atoms with van der Waals surface area (Å²) in [5, 5.41) is 3.61. The number of ether oxygens (including phenoxy) is 2. The molecule has 0 aromatic heterocycles. The summed E-state index contributed by atoms with van der Waals surface area (Å²) in [7, 11) is 3.27. The standard InChI is InChI=1S/C20H22Cl2N2O3/c1-26-13-8-9-14(18(11-13)27-2)17-7-4-10-24(17)12-19(25)23-16-6-3-5-15(21)20(16)22/h3,5-6,8-9,11,17H,4,7,10,12H2,1-2H3,(H,23,25). The first-order valence-corrected chi connectivity index (χ1v) is 9.49. The van der Waals surface area contributed by atoms with Gasteiger partial charge in [0.25, 0.3) is 0 Å². The molecule has 1 aliphatic rings. The Labute approximate surface area is 169 Å². The Morgan fingerprint density at radius 2 is 2.04 bits per heavy atom. The molecule has 144 valence electrons. The number of nitrogens with zero attached hydrogens (tertiary/aromatic N) is 1. The van der Waals surface area contributed by atoms with Crippen LogP contribution in [0.2, 0.25) is 10.0 Å². The topological polar surface area (TPSA) is 50.8 Å². The minimum Gasteiger partial charge on any atom is -0.497 e. The third-order valence-electron chi connectivity index (χ3n) is 4.74. The summed E-state index contributed by atoms with van der Waals surface area (Å²) in [6.45, 7) is 1.11. The summed E-state index contributed by atoms with van der Waals surface area (Å²) in [4.78, 5) is 14.7. The van der Waals surface area contributed by atoms with Gasteiger partial charge in [0.05, 0.1) is 36.5 Å².